The van der Waals surface area contributed by atoms with Gasteiger partial charge in [0.25, 0.3) is 5.56 Å². The van der Waals surface area contributed by atoms with Gasteiger partial charge >= 0.3 is 0 Å². The summed E-state index contributed by atoms with van der Waals surface area (Å²) in [5.41, 5.74) is 3.22. The first-order valence-electron chi connectivity index (χ1n) is 10.7. The van der Waals surface area contributed by atoms with E-state index in [9.17, 15) is 14.9 Å². The van der Waals surface area contributed by atoms with Gasteiger partial charge in [0.05, 0.1) is 22.7 Å². The molecule has 0 aliphatic heterocycles. The summed E-state index contributed by atoms with van der Waals surface area (Å²) in [5.74, 6) is 0.348. The zero-order valence-corrected chi connectivity index (χ0v) is 18.2. The van der Waals surface area contributed by atoms with E-state index in [-0.39, 0.29) is 41.4 Å². The molecule has 2 N–H and O–H groups in total. The Bertz CT molecular complexity index is 1660. The maximum atomic E-state index is 12.8. The van der Waals surface area contributed by atoms with Crippen LogP contribution in [0.4, 0.5) is 5.82 Å². The highest BCUT2D eigenvalue weighted by Gasteiger charge is 2.17. The molecule has 0 bridgehead atoms. The van der Waals surface area contributed by atoms with Gasteiger partial charge in [-0.25, -0.2) is 9.97 Å². The van der Waals surface area contributed by atoms with Crippen LogP contribution in [-0.2, 0) is 11.2 Å². The van der Waals surface area contributed by atoms with Gasteiger partial charge in [0.2, 0.25) is 5.91 Å². The minimum atomic E-state index is -0.370. The third kappa shape index (κ3) is 3.89. The summed E-state index contributed by atoms with van der Waals surface area (Å²) in [4.78, 5) is 36.9. The Balaban J connectivity index is 1.41. The van der Waals surface area contributed by atoms with E-state index < -0.39 is 0 Å². The van der Waals surface area contributed by atoms with Crippen molar-refractivity contribution < 1.29 is 4.79 Å². The predicted octanol–water partition coefficient (Wildman–Crippen LogP) is 3.41. The summed E-state index contributed by atoms with van der Waals surface area (Å²) in [6.45, 7) is 1.97. The highest BCUT2D eigenvalue weighted by Crippen LogP contribution is 2.23. The summed E-state index contributed by atoms with van der Waals surface area (Å²) in [6, 6.07) is 18.8. The monoisotopic (exact) mass is 449 g/mol. The summed E-state index contributed by atoms with van der Waals surface area (Å²) in [5, 5.41) is 17.6. The van der Waals surface area contributed by atoms with Crippen molar-refractivity contribution in [3.05, 3.63) is 88.0 Å². The van der Waals surface area contributed by atoms with E-state index in [1.807, 2.05) is 49.4 Å². The maximum absolute atomic E-state index is 12.8. The van der Waals surface area contributed by atoms with Crippen molar-refractivity contribution in [1.29, 1.82) is 5.26 Å². The normalized spacial score (nSPS) is 10.9. The second-order valence-electron chi connectivity index (χ2n) is 7.82. The first kappa shape index (κ1) is 21.0. The zero-order valence-electron chi connectivity index (χ0n) is 18.2. The van der Waals surface area contributed by atoms with Crippen molar-refractivity contribution in [2.45, 2.75) is 19.8 Å². The van der Waals surface area contributed by atoms with Crippen molar-refractivity contribution in [2.75, 3.05) is 5.32 Å². The number of nitrogens with one attached hydrogen (secondary N) is 2. The fourth-order valence-electron chi connectivity index (χ4n) is 3.83. The number of aryl methyl sites for hydroxylation is 2. The number of hydrogen-bond donors (Lipinski definition) is 2. The van der Waals surface area contributed by atoms with Crippen molar-refractivity contribution in [3.63, 3.8) is 0 Å². The molecular weight excluding hydrogens is 430 g/mol. The molecule has 5 rings (SSSR count). The first-order valence-corrected chi connectivity index (χ1v) is 10.7. The third-order valence-corrected chi connectivity index (χ3v) is 5.53. The second-order valence-corrected chi connectivity index (χ2v) is 7.82. The molecule has 9 heteroatoms. The van der Waals surface area contributed by atoms with Crippen LogP contribution in [-0.4, -0.2) is 30.6 Å². The molecule has 1 amide bonds. The van der Waals surface area contributed by atoms with Gasteiger partial charge in [-0.15, -0.1) is 0 Å². The number of aromatic nitrogens is 5. The number of fused-ring (bicyclic) bond motifs is 2. The number of para-hydroxylation sites is 3. The number of amides is 1. The largest absolute Gasteiger partial charge is 0.319 e. The number of pyridine rings is 1. The van der Waals surface area contributed by atoms with Crippen LogP contribution in [0.25, 0.3) is 27.8 Å². The lowest BCUT2D eigenvalue weighted by Gasteiger charge is -2.11. The minimum Gasteiger partial charge on any atom is -0.319 e. The smallest absolute Gasteiger partial charge is 0.270 e. The molecule has 0 atom stereocenters. The number of anilines is 1. The van der Waals surface area contributed by atoms with Crippen LogP contribution in [0.3, 0.4) is 0 Å². The summed E-state index contributed by atoms with van der Waals surface area (Å²) < 4.78 is 1.44. The van der Waals surface area contributed by atoms with Crippen LogP contribution < -0.4 is 10.9 Å². The van der Waals surface area contributed by atoms with Crippen LogP contribution in [0, 0.1) is 18.3 Å². The topological polar surface area (TPSA) is 129 Å². The van der Waals surface area contributed by atoms with Gasteiger partial charge in [0, 0.05) is 18.2 Å². The number of carbonyl (C=O) groups excluding carboxylic acids is 1. The Hall–Kier alpha value is -4.84. The lowest BCUT2D eigenvalue weighted by molar-refractivity contribution is -0.116. The quantitative estimate of drug-likeness (QED) is 0.423. The molecule has 3 aromatic heterocycles. The molecular formula is C25H19N7O2. The number of carbonyl (C=O) groups is 1. The SMILES string of the molecule is Cc1cc(-n2ncc(C#N)c2NC(=O)CCc2nc3ccccc3[nH]c2=O)nc2ccccc12. The van der Waals surface area contributed by atoms with E-state index in [1.54, 1.807) is 12.1 Å². The molecule has 0 radical (unpaired) electrons. The third-order valence-electron chi connectivity index (χ3n) is 5.53. The summed E-state index contributed by atoms with van der Waals surface area (Å²) >= 11 is 0. The Morgan fingerprint density at radius 2 is 1.88 bits per heavy atom. The highest BCUT2D eigenvalue weighted by atomic mass is 16.1. The predicted molar refractivity (Wildman–Crippen MR) is 128 cm³/mol. The van der Waals surface area contributed by atoms with Crippen LogP contribution in [0.15, 0.2) is 65.6 Å². The van der Waals surface area contributed by atoms with Crippen molar-refractivity contribution in [3.8, 4) is 11.9 Å². The summed E-state index contributed by atoms with van der Waals surface area (Å²) in [6.07, 6.45) is 1.54. The van der Waals surface area contributed by atoms with Crippen molar-refractivity contribution >= 4 is 33.7 Å². The van der Waals surface area contributed by atoms with E-state index in [4.69, 9.17) is 0 Å². The van der Waals surface area contributed by atoms with Crippen LogP contribution in [0.2, 0.25) is 0 Å². The molecule has 166 valence electrons. The zero-order chi connectivity index (χ0) is 23.7. The van der Waals surface area contributed by atoms with Gasteiger partial charge in [0.15, 0.2) is 11.6 Å². The average molecular weight is 449 g/mol. The molecule has 0 fully saturated rings. The fraction of sp³-hybridized carbons (Fsp3) is 0.120. The Kier molecular flexibility index (Phi) is 5.32. The van der Waals surface area contributed by atoms with Crippen molar-refractivity contribution in [1.82, 2.24) is 24.7 Å². The Labute approximate surface area is 193 Å². The number of aromatic amines is 1. The minimum absolute atomic E-state index is 0.00858. The molecule has 0 unspecified atom stereocenters. The van der Waals surface area contributed by atoms with E-state index in [2.05, 4.69) is 31.4 Å². The standard InChI is InChI=1S/C25H19N7O2/c1-15-12-22(29-18-7-3-2-6-17(15)18)32-24(16(13-26)14-27-32)31-23(33)11-10-21-25(34)30-20-9-5-4-8-19(20)28-21/h2-9,12,14H,10-11H2,1H3,(H,30,34)(H,31,33). The fourth-order valence-corrected chi connectivity index (χ4v) is 3.83. The van der Waals surface area contributed by atoms with Crippen LogP contribution >= 0.6 is 0 Å². The number of nitriles is 1. The van der Waals surface area contributed by atoms with Gasteiger partial charge in [-0.2, -0.15) is 15.0 Å². The number of nitrogens with zero attached hydrogens (tertiary/aromatic N) is 5. The van der Waals surface area contributed by atoms with Crippen molar-refractivity contribution in [2.24, 2.45) is 0 Å². The average Bonchev–Trinajstić information content (AvgIpc) is 3.25. The Morgan fingerprint density at radius 3 is 2.71 bits per heavy atom. The van der Waals surface area contributed by atoms with Gasteiger partial charge in [-0.05, 0) is 36.8 Å². The molecule has 0 aliphatic carbocycles. The molecule has 2 aromatic carbocycles. The summed E-state index contributed by atoms with van der Waals surface area (Å²) in [7, 11) is 0. The second kappa shape index (κ2) is 8.60. The molecule has 5 aromatic rings. The van der Waals surface area contributed by atoms with Crippen LogP contribution in [0.5, 0.6) is 0 Å². The lowest BCUT2D eigenvalue weighted by atomic mass is 10.1. The van der Waals surface area contributed by atoms with Gasteiger partial charge in [-0.1, -0.05) is 30.3 Å². The van der Waals surface area contributed by atoms with Gasteiger partial charge < -0.3 is 10.3 Å². The molecule has 3 heterocycles. The van der Waals surface area contributed by atoms with Gasteiger partial charge in [0.1, 0.15) is 17.3 Å². The first-order chi connectivity index (χ1) is 16.5. The van der Waals surface area contributed by atoms with Crippen LogP contribution in [0.1, 0.15) is 23.2 Å². The molecule has 0 saturated carbocycles. The van der Waals surface area contributed by atoms with E-state index in [0.717, 1.165) is 16.5 Å². The number of rotatable bonds is 5. The number of hydrogen-bond acceptors (Lipinski definition) is 6. The maximum Gasteiger partial charge on any atom is 0.270 e. The van der Waals surface area contributed by atoms with E-state index in [0.29, 0.717) is 16.9 Å². The molecule has 34 heavy (non-hydrogen) atoms. The number of H-pyrrole nitrogens is 1. The molecule has 0 saturated heterocycles. The number of benzene rings is 2. The van der Waals surface area contributed by atoms with E-state index in [1.165, 1.54) is 10.9 Å². The molecule has 0 aliphatic rings. The Morgan fingerprint density at radius 1 is 1.12 bits per heavy atom. The lowest BCUT2D eigenvalue weighted by Crippen LogP contribution is -2.20. The highest BCUT2D eigenvalue weighted by molar-refractivity contribution is 5.91. The molecule has 9 nitrogen and oxygen atoms in total. The molecule has 0 spiro atoms. The van der Waals surface area contributed by atoms with Gasteiger partial charge in [-0.3, -0.25) is 9.59 Å². The van der Waals surface area contributed by atoms with E-state index >= 15 is 0 Å².